The molecule has 1 N–H and O–H groups in total. The molecular weight excluding hydrogens is 580 g/mol. The van der Waals surface area contributed by atoms with Crippen molar-refractivity contribution in [1.29, 1.82) is 5.26 Å². The number of hydrogen-bond acceptors (Lipinski definition) is 7. The molecule has 0 aliphatic heterocycles. The molecule has 0 spiro atoms. The molecule has 10 heteroatoms. The molecule has 1 aromatic carbocycles. The lowest BCUT2D eigenvalue weighted by Crippen LogP contribution is -2.48. The molecule has 0 saturated heterocycles. The van der Waals surface area contributed by atoms with Crippen molar-refractivity contribution in [2.75, 3.05) is 25.1 Å². The van der Waals surface area contributed by atoms with Gasteiger partial charge in [-0.2, -0.15) is 15.1 Å². The predicted molar refractivity (Wildman–Crippen MR) is 184 cm³/mol. The summed E-state index contributed by atoms with van der Waals surface area (Å²) in [6.45, 7) is 16.7. The molecule has 2 unspecified atom stereocenters. The summed E-state index contributed by atoms with van der Waals surface area (Å²) >= 11 is 0. The standard InChI is InChI=1S/C36H54N6O4/c1-10-14-17-26(12-3)23-41(24-27(13-4)18-15-11-2)32(43)28-19-16-20-29(21-28)38-39-31-25(5)30(22-37)33(44)42(34(31)45)40(9)35(46)36(6,7)8/h16,19-21,26-27,45H,10-15,17-18,23-24H2,1-9H3/b39-38+. The monoisotopic (exact) mass is 634 g/mol. The highest BCUT2D eigenvalue weighted by atomic mass is 16.3. The highest BCUT2D eigenvalue weighted by molar-refractivity contribution is 5.95. The molecule has 0 aliphatic carbocycles. The molecule has 2 amide bonds. The lowest BCUT2D eigenvalue weighted by atomic mass is 9.95. The van der Waals surface area contributed by atoms with Gasteiger partial charge in [0.05, 0.1) is 5.69 Å². The number of aromatic hydroxyl groups is 1. The fourth-order valence-corrected chi connectivity index (χ4v) is 5.54. The number of azo groups is 1. The number of amides is 2. The minimum absolute atomic E-state index is 0.0522. The van der Waals surface area contributed by atoms with E-state index in [4.69, 9.17) is 0 Å². The van der Waals surface area contributed by atoms with Gasteiger partial charge >= 0.3 is 0 Å². The van der Waals surface area contributed by atoms with E-state index in [1.165, 1.54) is 14.0 Å². The Morgan fingerprint density at radius 2 is 1.57 bits per heavy atom. The summed E-state index contributed by atoms with van der Waals surface area (Å²) < 4.78 is 0.747. The zero-order chi connectivity index (χ0) is 34.6. The molecule has 46 heavy (non-hydrogen) atoms. The lowest BCUT2D eigenvalue weighted by molar-refractivity contribution is -0.127. The largest absolute Gasteiger partial charge is 0.492 e. The lowest BCUT2D eigenvalue weighted by Gasteiger charge is -2.31. The van der Waals surface area contributed by atoms with Crippen LogP contribution in [0.4, 0.5) is 11.4 Å². The predicted octanol–water partition coefficient (Wildman–Crippen LogP) is 8.16. The van der Waals surface area contributed by atoms with E-state index in [0.717, 1.165) is 61.1 Å². The topological polar surface area (TPSA) is 131 Å². The number of rotatable bonds is 16. The van der Waals surface area contributed by atoms with Crippen molar-refractivity contribution in [2.24, 2.45) is 27.5 Å². The molecule has 2 atom stereocenters. The second-order valence-corrected chi connectivity index (χ2v) is 13.3. The first kappa shape index (κ1) is 38.2. The van der Waals surface area contributed by atoms with E-state index < -0.39 is 22.8 Å². The normalized spacial score (nSPS) is 13.0. The number of pyridine rings is 1. The third kappa shape index (κ3) is 9.75. The van der Waals surface area contributed by atoms with E-state index in [0.29, 0.717) is 36.2 Å². The molecule has 10 nitrogen and oxygen atoms in total. The van der Waals surface area contributed by atoms with Gasteiger partial charge < -0.3 is 10.0 Å². The SMILES string of the molecule is CCCCC(CC)CN(CC(CC)CCCC)C(=O)c1cccc(/N=N/c2c(C)c(C#N)c(=O)n(N(C)C(=O)C(C)(C)C)c2O)c1. The maximum Gasteiger partial charge on any atom is 0.290 e. The van der Waals surface area contributed by atoms with E-state index in [1.807, 2.05) is 11.0 Å². The van der Waals surface area contributed by atoms with E-state index in [1.54, 1.807) is 45.0 Å². The Balaban J connectivity index is 2.53. The summed E-state index contributed by atoms with van der Waals surface area (Å²) in [7, 11) is 1.35. The number of hydrogen-bond donors (Lipinski definition) is 1. The van der Waals surface area contributed by atoms with Crippen LogP contribution >= 0.6 is 0 Å². The third-order valence-electron chi connectivity index (χ3n) is 8.59. The molecule has 2 rings (SSSR count). The zero-order valence-electron chi connectivity index (χ0n) is 29.4. The maximum absolute atomic E-state index is 14.0. The summed E-state index contributed by atoms with van der Waals surface area (Å²) in [5.41, 5.74) is -1.08. The number of nitriles is 1. The highest BCUT2D eigenvalue weighted by Crippen LogP contribution is 2.33. The first-order chi connectivity index (χ1) is 21.7. The molecule has 2 aromatic rings. The number of benzene rings is 1. The van der Waals surface area contributed by atoms with Crippen molar-refractivity contribution in [1.82, 2.24) is 9.58 Å². The van der Waals surface area contributed by atoms with Gasteiger partial charge in [0.1, 0.15) is 11.6 Å². The highest BCUT2D eigenvalue weighted by Gasteiger charge is 2.30. The summed E-state index contributed by atoms with van der Waals surface area (Å²) in [5, 5.41) is 30.4. The van der Waals surface area contributed by atoms with Gasteiger partial charge in [0.15, 0.2) is 5.69 Å². The summed E-state index contributed by atoms with van der Waals surface area (Å²) in [6, 6.07) is 8.75. The Bertz CT molecular complexity index is 1450. The molecule has 0 fully saturated rings. The van der Waals surface area contributed by atoms with Crippen molar-refractivity contribution in [2.45, 2.75) is 107 Å². The molecule has 0 aliphatic rings. The fraction of sp³-hybridized carbons (Fsp3) is 0.611. The van der Waals surface area contributed by atoms with Crippen molar-refractivity contribution in [3.05, 3.63) is 51.3 Å². The van der Waals surface area contributed by atoms with Crippen LogP contribution in [0.5, 0.6) is 5.88 Å². The fourth-order valence-electron chi connectivity index (χ4n) is 5.54. The Hall–Kier alpha value is -4.00. The van der Waals surface area contributed by atoms with Crippen LogP contribution in [0, 0.1) is 35.5 Å². The molecule has 252 valence electrons. The van der Waals surface area contributed by atoms with Gasteiger partial charge in [-0.25, -0.2) is 5.01 Å². The first-order valence-electron chi connectivity index (χ1n) is 16.7. The summed E-state index contributed by atoms with van der Waals surface area (Å²) in [6.07, 6.45) is 8.71. The molecule has 1 aromatic heterocycles. The zero-order valence-corrected chi connectivity index (χ0v) is 29.4. The van der Waals surface area contributed by atoms with Crippen LogP contribution < -0.4 is 10.6 Å². The van der Waals surface area contributed by atoms with E-state index in [9.17, 15) is 24.8 Å². The summed E-state index contributed by atoms with van der Waals surface area (Å²) in [4.78, 5) is 42.1. The van der Waals surface area contributed by atoms with Crippen LogP contribution in [0.25, 0.3) is 0 Å². The van der Waals surface area contributed by atoms with Gasteiger partial charge in [0.25, 0.3) is 11.5 Å². The van der Waals surface area contributed by atoms with Crippen molar-refractivity contribution >= 4 is 23.2 Å². The van der Waals surface area contributed by atoms with Crippen LogP contribution in [-0.4, -0.2) is 46.6 Å². The van der Waals surface area contributed by atoms with E-state index >= 15 is 0 Å². The van der Waals surface area contributed by atoms with Crippen LogP contribution in [-0.2, 0) is 4.79 Å². The molecule has 1 heterocycles. The number of unbranched alkanes of at least 4 members (excludes halogenated alkanes) is 2. The minimum Gasteiger partial charge on any atom is -0.492 e. The summed E-state index contributed by atoms with van der Waals surface area (Å²) in [5.74, 6) is -0.261. The Morgan fingerprint density at radius 3 is 2.04 bits per heavy atom. The van der Waals surface area contributed by atoms with Crippen LogP contribution in [0.15, 0.2) is 39.3 Å². The van der Waals surface area contributed by atoms with Gasteiger partial charge in [-0.15, -0.1) is 5.11 Å². The van der Waals surface area contributed by atoms with E-state index in [2.05, 4.69) is 37.9 Å². The average Bonchev–Trinajstić information content (AvgIpc) is 3.03. The van der Waals surface area contributed by atoms with Gasteiger partial charge in [-0.3, -0.25) is 14.4 Å². The number of nitrogens with zero attached hydrogens (tertiary/aromatic N) is 6. The maximum atomic E-state index is 14.0. The average molecular weight is 635 g/mol. The van der Waals surface area contributed by atoms with Crippen molar-refractivity contribution in [3.8, 4) is 11.9 Å². The van der Waals surface area contributed by atoms with Gasteiger partial charge in [-0.1, -0.05) is 93.1 Å². The van der Waals surface area contributed by atoms with Crippen LogP contribution in [0.2, 0.25) is 0 Å². The first-order valence-corrected chi connectivity index (χ1v) is 16.7. The molecular formula is C36H54N6O4. The number of carbonyl (C=O) groups excluding carboxylic acids is 2. The van der Waals surface area contributed by atoms with Gasteiger partial charge in [0, 0.05) is 36.7 Å². The van der Waals surface area contributed by atoms with Crippen LogP contribution in [0.3, 0.4) is 0 Å². The second kappa shape index (κ2) is 17.6. The van der Waals surface area contributed by atoms with E-state index in [-0.39, 0.29) is 22.7 Å². The van der Waals surface area contributed by atoms with Crippen molar-refractivity contribution < 1.29 is 14.7 Å². The van der Waals surface area contributed by atoms with Gasteiger partial charge in [-0.05, 0) is 49.8 Å². The van der Waals surface area contributed by atoms with Crippen molar-refractivity contribution in [3.63, 3.8) is 0 Å². The Kier molecular flexibility index (Phi) is 14.6. The minimum atomic E-state index is -0.860. The smallest absolute Gasteiger partial charge is 0.290 e. The molecule has 0 saturated carbocycles. The molecule has 0 bridgehead atoms. The quantitative estimate of drug-likeness (QED) is 0.186. The molecule has 0 radical (unpaired) electrons. The van der Waals surface area contributed by atoms with Crippen LogP contribution in [0.1, 0.15) is 121 Å². The third-order valence-corrected chi connectivity index (χ3v) is 8.59. The number of carbonyl (C=O) groups is 2. The Morgan fingerprint density at radius 1 is 1.00 bits per heavy atom. The van der Waals surface area contributed by atoms with Gasteiger partial charge in [0.2, 0.25) is 11.8 Å². The number of aromatic nitrogens is 1. The second-order valence-electron chi connectivity index (χ2n) is 13.3. The Labute approximate surface area is 275 Å².